The summed E-state index contributed by atoms with van der Waals surface area (Å²) in [4.78, 5) is 3.58. The van der Waals surface area contributed by atoms with Gasteiger partial charge in [-0.3, -0.25) is 5.41 Å². The van der Waals surface area contributed by atoms with Gasteiger partial charge in [-0.05, 0) is 6.07 Å². The lowest BCUT2D eigenvalue weighted by Gasteiger charge is -2.19. The molecule has 1 aliphatic heterocycles. The van der Waals surface area contributed by atoms with Crippen LogP contribution in [-0.2, 0) is 6.18 Å². The SMILES string of the molecule is N=C1[C@H](Cl)CNN1c1nc(Cl)c(C(F)(F)F)cc1Cl. The van der Waals surface area contributed by atoms with Crippen molar-refractivity contribution in [3.8, 4) is 0 Å². The zero-order valence-corrected chi connectivity index (χ0v) is 11.3. The molecular formula is C9H6Cl3F3N4. The maximum atomic E-state index is 12.6. The third-order valence-corrected chi connectivity index (χ3v) is 3.32. The fourth-order valence-electron chi connectivity index (χ4n) is 1.50. The normalized spacial score (nSPS) is 20.2. The Hall–Kier alpha value is -0.760. The highest BCUT2D eigenvalue weighted by Crippen LogP contribution is 2.38. The summed E-state index contributed by atoms with van der Waals surface area (Å²) in [6.45, 7) is 0.247. The molecule has 0 aliphatic carbocycles. The number of aromatic nitrogens is 1. The lowest BCUT2D eigenvalue weighted by Crippen LogP contribution is -2.35. The van der Waals surface area contributed by atoms with Crippen molar-refractivity contribution in [2.75, 3.05) is 11.6 Å². The number of anilines is 1. The number of alkyl halides is 4. The van der Waals surface area contributed by atoms with Crippen LogP contribution in [0.3, 0.4) is 0 Å². The van der Waals surface area contributed by atoms with Crippen molar-refractivity contribution in [2.45, 2.75) is 11.6 Å². The third-order valence-electron chi connectivity index (χ3n) is 2.39. The van der Waals surface area contributed by atoms with Crippen LogP contribution < -0.4 is 10.4 Å². The summed E-state index contributed by atoms with van der Waals surface area (Å²) in [6.07, 6.45) is -4.65. The quantitative estimate of drug-likeness (QED) is 0.612. The molecule has 0 saturated carbocycles. The summed E-state index contributed by atoms with van der Waals surface area (Å²) in [5, 5.41) is 7.14. The molecule has 0 unspecified atom stereocenters. The van der Waals surface area contributed by atoms with Crippen LogP contribution >= 0.6 is 34.8 Å². The van der Waals surface area contributed by atoms with Crippen LogP contribution in [0.2, 0.25) is 10.2 Å². The van der Waals surface area contributed by atoms with Crippen molar-refractivity contribution in [1.82, 2.24) is 10.4 Å². The number of hydrogen-bond acceptors (Lipinski definition) is 3. The molecule has 19 heavy (non-hydrogen) atoms. The number of rotatable bonds is 1. The van der Waals surface area contributed by atoms with Gasteiger partial charge in [-0.15, -0.1) is 11.6 Å². The molecule has 0 spiro atoms. The fourth-order valence-corrected chi connectivity index (χ4v) is 2.14. The lowest BCUT2D eigenvalue weighted by atomic mass is 10.2. The zero-order chi connectivity index (χ0) is 14.4. The van der Waals surface area contributed by atoms with E-state index in [1.165, 1.54) is 0 Å². The highest BCUT2D eigenvalue weighted by molar-refractivity contribution is 6.37. The van der Waals surface area contributed by atoms with Crippen molar-refractivity contribution in [1.29, 1.82) is 5.41 Å². The van der Waals surface area contributed by atoms with Gasteiger partial charge >= 0.3 is 6.18 Å². The first kappa shape index (κ1) is 14.6. The van der Waals surface area contributed by atoms with Crippen LogP contribution in [0.5, 0.6) is 0 Å². The van der Waals surface area contributed by atoms with E-state index < -0.39 is 22.3 Å². The molecule has 1 aromatic heterocycles. The summed E-state index contributed by atoms with van der Waals surface area (Å²) in [7, 11) is 0. The maximum Gasteiger partial charge on any atom is 0.419 e. The van der Waals surface area contributed by atoms with Crippen molar-refractivity contribution in [3.63, 3.8) is 0 Å². The minimum atomic E-state index is -4.65. The van der Waals surface area contributed by atoms with Crippen LogP contribution in [0.1, 0.15) is 5.56 Å². The zero-order valence-electron chi connectivity index (χ0n) is 9.02. The molecule has 1 fully saturated rings. The minimum absolute atomic E-state index is 0.0631. The monoisotopic (exact) mass is 332 g/mol. The number of hydrazine groups is 1. The Morgan fingerprint density at radius 1 is 1.42 bits per heavy atom. The molecule has 0 bridgehead atoms. The van der Waals surface area contributed by atoms with Crippen LogP contribution in [0.25, 0.3) is 0 Å². The molecular weight excluding hydrogens is 327 g/mol. The van der Waals surface area contributed by atoms with Gasteiger partial charge in [-0.25, -0.2) is 15.4 Å². The Bertz CT molecular complexity index is 534. The van der Waals surface area contributed by atoms with E-state index in [9.17, 15) is 13.2 Å². The van der Waals surface area contributed by atoms with Gasteiger partial charge in [0.05, 0.1) is 10.6 Å². The number of nitrogens with zero attached hydrogens (tertiary/aromatic N) is 2. The molecule has 1 aromatic rings. The number of hydrogen-bond donors (Lipinski definition) is 2. The van der Waals surface area contributed by atoms with Crippen LogP contribution in [0.4, 0.5) is 19.0 Å². The molecule has 4 nitrogen and oxygen atoms in total. The van der Waals surface area contributed by atoms with Crippen molar-refractivity contribution < 1.29 is 13.2 Å². The first-order chi connectivity index (χ1) is 8.71. The Kier molecular flexibility index (Phi) is 3.83. The van der Waals surface area contributed by atoms with Gasteiger partial charge in [0, 0.05) is 6.54 Å². The highest BCUT2D eigenvalue weighted by Gasteiger charge is 2.37. The van der Waals surface area contributed by atoms with E-state index in [0.29, 0.717) is 6.07 Å². The van der Waals surface area contributed by atoms with Gasteiger partial charge in [0.2, 0.25) is 0 Å². The second-order valence-electron chi connectivity index (χ2n) is 3.68. The largest absolute Gasteiger partial charge is 0.419 e. The molecule has 10 heteroatoms. The second-order valence-corrected chi connectivity index (χ2v) is 4.97. The maximum absolute atomic E-state index is 12.6. The molecule has 104 valence electrons. The van der Waals surface area contributed by atoms with Crippen molar-refractivity contribution in [2.24, 2.45) is 0 Å². The van der Waals surface area contributed by atoms with Crippen molar-refractivity contribution in [3.05, 3.63) is 21.8 Å². The van der Waals surface area contributed by atoms with Crippen LogP contribution in [0.15, 0.2) is 6.07 Å². The van der Waals surface area contributed by atoms with Gasteiger partial charge in [0.25, 0.3) is 0 Å². The summed E-state index contributed by atoms with van der Waals surface area (Å²) in [5.74, 6) is -0.153. The Labute approximate surface area is 120 Å². The topological polar surface area (TPSA) is 52.0 Å². The van der Waals surface area contributed by atoms with E-state index in [1.54, 1.807) is 0 Å². The van der Waals surface area contributed by atoms with E-state index in [1.807, 2.05) is 0 Å². The summed E-state index contributed by atoms with van der Waals surface area (Å²) in [6, 6.07) is 0.669. The summed E-state index contributed by atoms with van der Waals surface area (Å²) in [5.41, 5.74) is 1.56. The predicted octanol–water partition coefficient (Wildman–Crippen LogP) is 3.32. The van der Waals surface area contributed by atoms with E-state index in [2.05, 4.69) is 10.4 Å². The third kappa shape index (κ3) is 2.74. The number of nitrogens with one attached hydrogen (secondary N) is 2. The van der Waals surface area contributed by atoms with Crippen LogP contribution in [-0.4, -0.2) is 22.7 Å². The lowest BCUT2D eigenvalue weighted by molar-refractivity contribution is -0.137. The molecule has 2 N–H and O–H groups in total. The van der Waals surface area contributed by atoms with Crippen LogP contribution in [0, 0.1) is 5.41 Å². The molecule has 2 rings (SSSR count). The van der Waals surface area contributed by atoms with E-state index in [-0.39, 0.29) is 23.2 Å². The van der Waals surface area contributed by atoms with E-state index >= 15 is 0 Å². The molecule has 1 atom stereocenters. The number of pyridine rings is 1. The predicted molar refractivity (Wildman–Crippen MR) is 67.1 cm³/mol. The standard InChI is InChI=1S/C9H6Cl3F3N4/c10-4-1-3(9(13,14)15)6(12)18-8(4)19-7(16)5(11)2-17-19/h1,5,16-17H,2H2/t5-/m1/s1. The average Bonchev–Trinajstić information content (AvgIpc) is 2.61. The summed E-state index contributed by atoms with van der Waals surface area (Å²) < 4.78 is 37.8. The Morgan fingerprint density at radius 2 is 2.05 bits per heavy atom. The second kappa shape index (κ2) is 4.97. The van der Waals surface area contributed by atoms with Gasteiger partial charge in [0.1, 0.15) is 16.4 Å². The summed E-state index contributed by atoms with van der Waals surface area (Å²) >= 11 is 17.0. The Morgan fingerprint density at radius 3 is 2.53 bits per heavy atom. The number of halogens is 6. The van der Waals surface area contributed by atoms with E-state index in [0.717, 1.165) is 5.01 Å². The molecule has 0 aromatic carbocycles. The smallest absolute Gasteiger partial charge is 0.286 e. The molecule has 1 saturated heterocycles. The molecule has 2 heterocycles. The fraction of sp³-hybridized carbons (Fsp3) is 0.333. The first-order valence-electron chi connectivity index (χ1n) is 4.91. The van der Waals surface area contributed by atoms with Gasteiger partial charge in [0.15, 0.2) is 5.82 Å². The van der Waals surface area contributed by atoms with Gasteiger partial charge in [-0.2, -0.15) is 13.2 Å². The minimum Gasteiger partial charge on any atom is -0.286 e. The molecule has 0 radical (unpaired) electrons. The number of amidine groups is 1. The Balaban J connectivity index is 2.45. The highest BCUT2D eigenvalue weighted by atomic mass is 35.5. The van der Waals surface area contributed by atoms with Gasteiger partial charge in [-0.1, -0.05) is 23.2 Å². The molecule has 1 aliphatic rings. The van der Waals surface area contributed by atoms with Crippen molar-refractivity contribution >= 4 is 46.5 Å². The molecule has 0 amide bonds. The first-order valence-corrected chi connectivity index (χ1v) is 6.10. The average molecular weight is 334 g/mol. The van der Waals surface area contributed by atoms with E-state index in [4.69, 9.17) is 40.2 Å². The van der Waals surface area contributed by atoms with Gasteiger partial charge < -0.3 is 0 Å².